The molecule has 0 aliphatic carbocycles. The fourth-order valence-electron chi connectivity index (χ4n) is 2.40. The van der Waals surface area contributed by atoms with Gasteiger partial charge in [0.15, 0.2) is 0 Å². The minimum absolute atomic E-state index is 0.244. The third kappa shape index (κ3) is 3.78. The Kier molecular flexibility index (Phi) is 4.73. The predicted molar refractivity (Wildman–Crippen MR) is 76.4 cm³/mol. The Morgan fingerprint density at radius 1 is 1.12 bits per heavy atom. The average molecular weight is 254 g/mol. The van der Waals surface area contributed by atoms with Crippen LogP contribution in [0.1, 0.15) is 56.1 Å². The lowest BCUT2D eigenvalue weighted by Gasteiger charge is -2.31. The van der Waals surface area contributed by atoms with E-state index in [-0.39, 0.29) is 5.54 Å². The maximum absolute atomic E-state index is 6.65. The molecule has 1 rings (SSSR count). The van der Waals surface area contributed by atoms with Gasteiger partial charge in [-0.3, -0.25) is 0 Å². The highest BCUT2D eigenvalue weighted by Crippen LogP contribution is 2.35. The smallest absolute Gasteiger partial charge is 0.113 e. The van der Waals surface area contributed by atoms with Crippen molar-refractivity contribution < 1.29 is 0 Å². The molecule has 1 aromatic heterocycles. The quantitative estimate of drug-likeness (QED) is 0.862. The van der Waals surface area contributed by atoms with Crippen molar-refractivity contribution in [1.29, 1.82) is 0 Å². The van der Waals surface area contributed by atoms with Crippen molar-refractivity contribution in [1.82, 2.24) is 4.98 Å². The summed E-state index contributed by atoms with van der Waals surface area (Å²) in [6.07, 6.45) is 2.02. The van der Waals surface area contributed by atoms with Gasteiger partial charge in [0.1, 0.15) is 5.01 Å². The summed E-state index contributed by atoms with van der Waals surface area (Å²) in [5.74, 6) is 1.20. The summed E-state index contributed by atoms with van der Waals surface area (Å²) in [7, 11) is 0. The monoisotopic (exact) mass is 254 g/mol. The van der Waals surface area contributed by atoms with E-state index in [0.29, 0.717) is 11.8 Å². The summed E-state index contributed by atoms with van der Waals surface area (Å²) in [5, 5.41) is 1.12. The van der Waals surface area contributed by atoms with Crippen LogP contribution in [-0.4, -0.2) is 4.98 Å². The highest BCUT2D eigenvalue weighted by molar-refractivity contribution is 7.11. The molecule has 0 unspecified atom stereocenters. The first-order valence-corrected chi connectivity index (χ1v) is 7.29. The van der Waals surface area contributed by atoms with Crippen molar-refractivity contribution in [2.75, 3.05) is 0 Å². The fourth-order valence-corrected chi connectivity index (χ4v) is 3.44. The highest BCUT2D eigenvalue weighted by Gasteiger charge is 2.32. The van der Waals surface area contributed by atoms with Gasteiger partial charge in [0.05, 0.1) is 11.2 Å². The van der Waals surface area contributed by atoms with Gasteiger partial charge in [-0.05, 0) is 38.5 Å². The molecule has 0 bridgehead atoms. The number of hydrogen-bond donors (Lipinski definition) is 1. The van der Waals surface area contributed by atoms with Gasteiger partial charge in [-0.15, -0.1) is 11.3 Å². The number of rotatable bonds is 5. The number of nitrogens with zero attached hydrogens (tertiary/aromatic N) is 1. The Labute approximate surface area is 110 Å². The Balaban J connectivity index is 3.04. The van der Waals surface area contributed by atoms with E-state index in [1.54, 1.807) is 11.3 Å². The van der Waals surface area contributed by atoms with Crippen molar-refractivity contribution in [3.8, 4) is 0 Å². The van der Waals surface area contributed by atoms with Crippen LogP contribution in [0.15, 0.2) is 0 Å². The van der Waals surface area contributed by atoms with Crippen molar-refractivity contribution in [3.05, 3.63) is 15.6 Å². The summed E-state index contributed by atoms with van der Waals surface area (Å²) in [5.41, 5.74) is 7.54. The highest BCUT2D eigenvalue weighted by atomic mass is 32.1. The van der Waals surface area contributed by atoms with Gasteiger partial charge in [-0.2, -0.15) is 0 Å². The average Bonchev–Trinajstić information content (AvgIpc) is 2.44. The van der Waals surface area contributed by atoms with E-state index in [1.165, 1.54) is 4.88 Å². The molecule has 17 heavy (non-hydrogen) atoms. The van der Waals surface area contributed by atoms with Gasteiger partial charge in [0.25, 0.3) is 0 Å². The fraction of sp³-hybridized carbons (Fsp3) is 0.786. The summed E-state index contributed by atoms with van der Waals surface area (Å²) < 4.78 is 0. The van der Waals surface area contributed by atoms with E-state index < -0.39 is 0 Å². The maximum Gasteiger partial charge on any atom is 0.113 e. The molecule has 0 saturated carbocycles. The van der Waals surface area contributed by atoms with Crippen molar-refractivity contribution in [2.24, 2.45) is 17.6 Å². The van der Waals surface area contributed by atoms with E-state index >= 15 is 0 Å². The second-order valence-electron chi connectivity index (χ2n) is 6.01. The minimum Gasteiger partial charge on any atom is -0.319 e. The largest absolute Gasteiger partial charge is 0.319 e. The lowest BCUT2D eigenvalue weighted by Crippen LogP contribution is -2.39. The van der Waals surface area contributed by atoms with Crippen LogP contribution in [-0.2, 0) is 5.54 Å². The normalized spacial score (nSPS) is 12.8. The number of aromatic nitrogens is 1. The number of nitrogens with two attached hydrogens (primary N) is 1. The molecule has 3 heteroatoms. The van der Waals surface area contributed by atoms with E-state index in [4.69, 9.17) is 5.73 Å². The number of hydrogen-bond acceptors (Lipinski definition) is 3. The maximum atomic E-state index is 6.65. The molecule has 0 spiro atoms. The Hall–Kier alpha value is -0.410. The lowest BCUT2D eigenvalue weighted by molar-refractivity contribution is 0.288. The van der Waals surface area contributed by atoms with Crippen molar-refractivity contribution in [3.63, 3.8) is 0 Å². The van der Waals surface area contributed by atoms with Gasteiger partial charge >= 0.3 is 0 Å². The minimum atomic E-state index is -0.244. The van der Waals surface area contributed by atoms with Crippen molar-refractivity contribution in [2.45, 2.75) is 59.9 Å². The molecule has 2 nitrogen and oxygen atoms in total. The van der Waals surface area contributed by atoms with Gasteiger partial charge in [0.2, 0.25) is 0 Å². The van der Waals surface area contributed by atoms with Crippen molar-refractivity contribution >= 4 is 11.3 Å². The SMILES string of the molecule is Cc1nc(C(N)(CC(C)C)CC(C)C)sc1C. The molecule has 0 aliphatic heterocycles. The van der Waals surface area contributed by atoms with E-state index in [2.05, 4.69) is 46.5 Å². The topological polar surface area (TPSA) is 38.9 Å². The van der Waals surface area contributed by atoms with Gasteiger partial charge in [0, 0.05) is 4.88 Å². The third-order valence-electron chi connectivity index (χ3n) is 3.00. The van der Waals surface area contributed by atoms with Crippen LogP contribution in [0, 0.1) is 25.7 Å². The van der Waals surface area contributed by atoms with Gasteiger partial charge < -0.3 is 5.73 Å². The molecule has 0 saturated heterocycles. The first kappa shape index (κ1) is 14.7. The Morgan fingerprint density at radius 3 is 1.88 bits per heavy atom. The Bertz CT molecular complexity index is 337. The number of aryl methyl sites for hydroxylation is 2. The first-order valence-electron chi connectivity index (χ1n) is 6.48. The Morgan fingerprint density at radius 2 is 1.59 bits per heavy atom. The van der Waals surface area contributed by atoms with Gasteiger partial charge in [-0.25, -0.2) is 4.98 Å². The van der Waals surface area contributed by atoms with Gasteiger partial charge in [-0.1, -0.05) is 27.7 Å². The second-order valence-corrected chi connectivity index (χ2v) is 7.22. The molecule has 0 aromatic carbocycles. The molecule has 0 fully saturated rings. The summed E-state index contributed by atoms with van der Waals surface area (Å²) in [6.45, 7) is 13.1. The van der Waals surface area contributed by atoms with Crippen LogP contribution in [0.25, 0.3) is 0 Å². The second kappa shape index (κ2) is 5.49. The molecule has 0 amide bonds. The standard InChI is InChI=1S/C14H26N2S/c1-9(2)7-14(15,8-10(3)4)13-16-11(5)12(6)17-13/h9-10H,7-8,15H2,1-6H3. The van der Waals surface area contributed by atoms with Crippen LogP contribution in [0.3, 0.4) is 0 Å². The molecule has 0 radical (unpaired) electrons. The summed E-state index contributed by atoms with van der Waals surface area (Å²) >= 11 is 1.77. The third-order valence-corrected chi connectivity index (χ3v) is 4.29. The van der Waals surface area contributed by atoms with E-state index in [0.717, 1.165) is 23.5 Å². The zero-order valence-electron chi connectivity index (χ0n) is 12.0. The van der Waals surface area contributed by atoms with Crippen LogP contribution >= 0.6 is 11.3 Å². The molecular weight excluding hydrogens is 228 g/mol. The van der Waals surface area contributed by atoms with E-state index in [9.17, 15) is 0 Å². The predicted octanol–water partition coefficient (Wildman–Crippen LogP) is 4.01. The van der Waals surface area contributed by atoms with Crippen LogP contribution in [0.4, 0.5) is 0 Å². The molecule has 0 aliphatic rings. The molecule has 1 aromatic rings. The van der Waals surface area contributed by atoms with E-state index in [1.807, 2.05) is 0 Å². The number of thiazole rings is 1. The molecule has 2 N–H and O–H groups in total. The van der Waals surface area contributed by atoms with Crippen LogP contribution in [0.2, 0.25) is 0 Å². The zero-order valence-corrected chi connectivity index (χ0v) is 12.8. The van der Waals surface area contributed by atoms with Crippen LogP contribution < -0.4 is 5.73 Å². The first-order chi connectivity index (χ1) is 7.74. The zero-order chi connectivity index (χ0) is 13.2. The summed E-state index contributed by atoms with van der Waals surface area (Å²) in [4.78, 5) is 5.98. The molecule has 0 atom stereocenters. The lowest BCUT2D eigenvalue weighted by atomic mass is 9.83. The van der Waals surface area contributed by atoms with Crippen LogP contribution in [0.5, 0.6) is 0 Å². The molecule has 1 heterocycles. The summed E-state index contributed by atoms with van der Waals surface area (Å²) in [6, 6.07) is 0. The molecule has 98 valence electrons. The molecular formula is C14H26N2S.